The summed E-state index contributed by atoms with van der Waals surface area (Å²) >= 11 is 9.57. The molecule has 0 bridgehead atoms. The van der Waals surface area contributed by atoms with Crippen molar-refractivity contribution in [2.75, 3.05) is 0 Å². The summed E-state index contributed by atoms with van der Waals surface area (Å²) in [5.41, 5.74) is 9.28. The van der Waals surface area contributed by atoms with E-state index in [1.54, 1.807) is 42.5 Å². The van der Waals surface area contributed by atoms with Crippen molar-refractivity contribution in [3.63, 3.8) is 0 Å². The Morgan fingerprint density at radius 1 is 1.00 bits per heavy atom. The van der Waals surface area contributed by atoms with Crippen LogP contribution in [-0.4, -0.2) is 5.97 Å². The predicted octanol–water partition coefficient (Wildman–Crippen LogP) is 7.12. The van der Waals surface area contributed by atoms with Gasteiger partial charge in [0.1, 0.15) is 35.5 Å². The van der Waals surface area contributed by atoms with Gasteiger partial charge in [-0.3, -0.25) is 0 Å². The highest BCUT2D eigenvalue weighted by Crippen LogP contribution is 2.43. The van der Waals surface area contributed by atoms with Gasteiger partial charge in [-0.25, -0.2) is 4.79 Å². The molecule has 0 radical (unpaired) electrons. The fraction of sp³-hybridized carbons (Fsp3) is 0.0667. The highest BCUT2D eigenvalue weighted by atomic mass is 79.9. The first-order valence-electron chi connectivity index (χ1n) is 11.6. The van der Waals surface area contributed by atoms with Gasteiger partial charge in [0, 0.05) is 26.7 Å². The Balaban J connectivity index is 1.38. The first-order valence-corrected chi connectivity index (χ1v) is 12.8. The Labute approximate surface area is 233 Å². The van der Waals surface area contributed by atoms with E-state index >= 15 is 0 Å². The molecule has 0 saturated carbocycles. The lowest BCUT2D eigenvalue weighted by Gasteiger charge is -2.26. The molecule has 4 aromatic rings. The monoisotopic (exact) mass is 586 g/mol. The minimum atomic E-state index is -0.501. The topological polar surface area (TPSA) is 94.6 Å². The summed E-state index contributed by atoms with van der Waals surface area (Å²) in [5.74, 6) is 0.404. The zero-order valence-corrected chi connectivity index (χ0v) is 22.2. The molecule has 0 aliphatic carbocycles. The second kappa shape index (κ2) is 11.0. The molecule has 0 amide bonds. The van der Waals surface area contributed by atoms with Gasteiger partial charge in [0.15, 0.2) is 0 Å². The standard InChI is InChI=1S/C30H20BrClN2O4/c31-21-9-5-19(6-10-21)30(35)37-23-13-14-24-27(15-23)38-29(34)25(16-33)28(24)18-7-11-22(12-8-18)36-17-20-3-1-2-4-26(20)32/h1-15,28H,17,34H2. The van der Waals surface area contributed by atoms with Gasteiger partial charge in [-0.15, -0.1) is 0 Å². The van der Waals surface area contributed by atoms with E-state index < -0.39 is 11.9 Å². The molecule has 188 valence electrons. The first-order chi connectivity index (χ1) is 18.4. The van der Waals surface area contributed by atoms with Crippen LogP contribution in [0.3, 0.4) is 0 Å². The van der Waals surface area contributed by atoms with Crippen LogP contribution in [0, 0.1) is 11.3 Å². The molecule has 5 rings (SSSR count). The van der Waals surface area contributed by atoms with Crippen molar-refractivity contribution < 1.29 is 19.0 Å². The van der Waals surface area contributed by atoms with Crippen LogP contribution >= 0.6 is 27.5 Å². The lowest BCUT2D eigenvalue weighted by Crippen LogP contribution is -2.21. The van der Waals surface area contributed by atoms with Crippen molar-refractivity contribution in [2.45, 2.75) is 12.5 Å². The van der Waals surface area contributed by atoms with Gasteiger partial charge in [-0.05, 0) is 54.1 Å². The van der Waals surface area contributed by atoms with Crippen LogP contribution in [0.1, 0.15) is 33.0 Å². The highest BCUT2D eigenvalue weighted by molar-refractivity contribution is 9.10. The number of rotatable bonds is 6. The summed E-state index contributed by atoms with van der Waals surface area (Å²) in [6.45, 7) is 0.331. The van der Waals surface area contributed by atoms with Crippen molar-refractivity contribution in [1.29, 1.82) is 5.26 Å². The zero-order valence-electron chi connectivity index (χ0n) is 19.9. The molecule has 0 aromatic heterocycles. The van der Waals surface area contributed by atoms with E-state index in [2.05, 4.69) is 22.0 Å². The Morgan fingerprint density at radius 2 is 1.71 bits per heavy atom. The molecular formula is C30H20BrClN2O4. The number of nitriles is 1. The van der Waals surface area contributed by atoms with Crippen LogP contribution in [-0.2, 0) is 6.61 Å². The number of fused-ring (bicyclic) bond motifs is 1. The Hall–Kier alpha value is -4.25. The molecule has 1 heterocycles. The molecule has 1 unspecified atom stereocenters. The van der Waals surface area contributed by atoms with Crippen molar-refractivity contribution in [2.24, 2.45) is 5.73 Å². The molecule has 1 aliphatic heterocycles. The zero-order chi connectivity index (χ0) is 26.6. The third kappa shape index (κ3) is 5.37. The van der Waals surface area contributed by atoms with E-state index in [4.69, 9.17) is 31.5 Å². The van der Waals surface area contributed by atoms with E-state index in [1.807, 2.05) is 48.5 Å². The van der Waals surface area contributed by atoms with E-state index in [1.165, 1.54) is 0 Å². The Morgan fingerprint density at radius 3 is 2.42 bits per heavy atom. The molecule has 4 aromatic carbocycles. The number of halogens is 2. The molecule has 6 nitrogen and oxygen atoms in total. The van der Waals surface area contributed by atoms with Crippen LogP contribution < -0.4 is 19.9 Å². The average molecular weight is 588 g/mol. The maximum atomic E-state index is 12.6. The SMILES string of the molecule is N#CC1=C(N)Oc2cc(OC(=O)c3ccc(Br)cc3)ccc2C1c1ccc(OCc2ccccc2Cl)cc1. The van der Waals surface area contributed by atoms with E-state index in [0.29, 0.717) is 40.0 Å². The second-order valence-electron chi connectivity index (χ2n) is 8.47. The Bertz CT molecular complexity index is 1580. The first kappa shape index (κ1) is 25.4. The van der Waals surface area contributed by atoms with E-state index in [9.17, 15) is 10.1 Å². The lowest BCUT2D eigenvalue weighted by atomic mass is 9.83. The molecule has 1 aliphatic rings. The number of esters is 1. The van der Waals surface area contributed by atoms with Crippen molar-refractivity contribution >= 4 is 33.5 Å². The quantitative estimate of drug-likeness (QED) is 0.191. The van der Waals surface area contributed by atoms with E-state index in [-0.39, 0.29) is 5.88 Å². The number of carbonyl (C=O) groups excluding carboxylic acids is 1. The summed E-state index contributed by atoms with van der Waals surface area (Å²) < 4.78 is 18.0. The summed E-state index contributed by atoms with van der Waals surface area (Å²) in [5, 5.41) is 10.5. The van der Waals surface area contributed by atoms with E-state index in [0.717, 1.165) is 21.2 Å². The fourth-order valence-electron chi connectivity index (χ4n) is 4.13. The summed E-state index contributed by atoms with van der Waals surface area (Å²) in [7, 11) is 0. The molecular weight excluding hydrogens is 568 g/mol. The molecule has 8 heteroatoms. The average Bonchev–Trinajstić information content (AvgIpc) is 2.92. The third-order valence-electron chi connectivity index (χ3n) is 6.05. The van der Waals surface area contributed by atoms with Gasteiger partial charge in [0.05, 0.1) is 11.5 Å². The molecule has 2 N–H and O–H groups in total. The van der Waals surface area contributed by atoms with Gasteiger partial charge >= 0.3 is 5.97 Å². The molecule has 0 fully saturated rings. The normalized spacial score (nSPS) is 14.2. The van der Waals surface area contributed by atoms with Crippen LogP contribution in [0.4, 0.5) is 0 Å². The maximum Gasteiger partial charge on any atom is 0.343 e. The summed E-state index contributed by atoms with van der Waals surface area (Å²) in [6.07, 6.45) is 0. The smallest absolute Gasteiger partial charge is 0.343 e. The number of carbonyl (C=O) groups is 1. The van der Waals surface area contributed by atoms with Gasteiger partial charge in [-0.2, -0.15) is 5.26 Å². The Kier molecular flexibility index (Phi) is 7.36. The van der Waals surface area contributed by atoms with Crippen molar-refractivity contribution in [3.05, 3.63) is 134 Å². The van der Waals surface area contributed by atoms with Crippen LogP contribution in [0.2, 0.25) is 5.02 Å². The van der Waals surface area contributed by atoms with Crippen LogP contribution in [0.5, 0.6) is 17.2 Å². The van der Waals surface area contributed by atoms with Crippen LogP contribution in [0.15, 0.2) is 107 Å². The van der Waals surface area contributed by atoms with Gasteiger partial charge in [-0.1, -0.05) is 63.9 Å². The minimum absolute atomic E-state index is 0.000400. The maximum absolute atomic E-state index is 12.6. The number of ether oxygens (including phenoxy) is 3. The van der Waals surface area contributed by atoms with Crippen molar-refractivity contribution in [1.82, 2.24) is 0 Å². The predicted molar refractivity (Wildman–Crippen MR) is 147 cm³/mol. The second-order valence-corrected chi connectivity index (χ2v) is 9.79. The lowest BCUT2D eigenvalue weighted by molar-refractivity contribution is 0.0734. The van der Waals surface area contributed by atoms with Gasteiger partial charge < -0.3 is 19.9 Å². The van der Waals surface area contributed by atoms with Crippen molar-refractivity contribution in [3.8, 4) is 23.3 Å². The number of hydrogen-bond donors (Lipinski definition) is 1. The number of allylic oxidation sites excluding steroid dienone is 1. The minimum Gasteiger partial charge on any atom is -0.489 e. The van der Waals surface area contributed by atoms with Gasteiger partial charge in [0.25, 0.3) is 0 Å². The molecule has 0 saturated heterocycles. The fourth-order valence-corrected chi connectivity index (χ4v) is 4.58. The summed E-state index contributed by atoms with van der Waals surface area (Å²) in [4.78, 5) is 12.6. The number of nitrogens with two attached hydrogens (primary N) is 1. The van der Waals surface area contributed by atoms with Gasteiger partial charge in [0.2, 0.25) is 5.88 Å². The summed E-state index contributed by atoms with van der Waals surface area (Å²) in [6, 6.07) is 29.0. The molecule has 1 atom stereocenters. The number of hydrogen-bond acceptors (Lipinski definition) is 6. The van der Waals surface area contributed by atoms with Crippen LogP contribution in [0.25, 0.3) is 0 Å². The largest absolute Gasteiger partial charge is 0.489 e. The third-order valence-corrected chi connectivity index (χ3v) is 6.94. The number of benzene rings is 4. The number of nitrogens with zero attached hydrogens (tertiary/aromatic N) is 1. The highest BCUT2D eigenvalue weighted by Gasteiger charge is 2.31. The molecule has 38 heavy (non-hydrogen) atoms. The molecule has 0 spiro atoms.